The van der Waals surface area contributed by atoms with Gasteiger partial charge in [-0.15, -0.1) is 0 Å². The summed E-state index contributed by atoms with van der Waals surface area (Å²) >= 11 is 0. The third-order valence-electron chi connectivity index (χ3n) is 2.81. The monoisotopic (exact) mass is 241 g/mol. The SMILES string of the molecule is C=C/C=c1/c(C=C)c(C=C)n(CC(C)(C)C)c1=C. The second kappa shape index (κ2) is 5.26. The lowest BCUT2D eigenvalue weighted by atomic mass is 9.97. The molecule has 96 valence electrons. The number of hydrogen-bond donors (Lipinski definition) is 0. The van der Waals surface area contributed by atoms with Crippen LogP contribution in [0.1, 0.15) is 32.0 Å². The van der Waals surface area contributed by atoms with Gasteiger partial charge in [-0.25, -0.2) is 0 Å². The zero-order valence-corrected chi connectivity index (χ0v) is 11.8. The first kappa shape index (κ1) is 14.3. The van der Waals surface area contributed by atoms with Crippen molar-refractivity contribution in [2.24, 2.45) is 5.41 Å². The van der Waals surface area contributed by atoms with Crippen LogP contribution in [0.4, 0.5) is 0 Å². The van der Waals surface area contributed by atoms with E-state index in [1.54, 1.807) is 6.08 Å². The summed E-state index contributed by atoms with van der Waals surface area (Å²) in [4.78, 5) is 0. The lowest BCUT2D eigenvalue weighted by Crippen LogP contribution is -2.31. The van der Waals surface area contributed by atoms with Crippen molar-refractivity contribution in [3.63, 3.8) is 0 Å². The van der Waals surface area contributed by atoms with Crippen LogP contribution in [0, 0.1) is 5.41 Å². The molecule has 0 saturated carbocycles. The highest BCUT2D eigenvalue weighted by Crippen LogP contribution is 2.18. The Bertz CT molecular complexity index is 577. The second-order valence-electron chi connectivity index (χ2n) is 5.62. The maximum atomic E-state index is 4.19. The molecule has 0 bridgehead atoms. The highest BCUT2D eigenvalue weighted by Gasteiger charge is 2.16. The van der Waals surface area contributed by atoms with Crippen molar-refractivity contribution in [3.05, 3.63) is 47.6 Å². The van der Waals surface area contributed by atoms with Crippen LogP contribution in [0.5, 0.6) is 0 Å². The van der Waals surface area contributed by atoms with Gasteiger partial charge in [0.15, 0.2) is 0 Å². The van der Waals surface area contributed by atoms with Crippen molar-refractivity contribution >= 4 is 24.8 Å². The van der Waals surface area contributed by atoms with Crippen LogP contribution in [0.15, 0.2) is 25.8 Å². The van der Waals surface area contributed by atoms with Gasteiger partial charge in [0.05, 0.1) is 0 Å². The summed E-state index contributed by atoms with van der Waals surface area (Å²) in [5, 5.41) is 2.08. The predicted molar refractivity (Wildman–Crippen MR) is 83.5 cm³/mol. The third kappa shape index (κ3) is 2.73. The molecule has 0 aliphatic carbocycles. The first-order valence-electron chi connectivity index (χ1n) is 6.14. The van der Waals surface area contributed by atoms with E-state index in [2.05, 4.69) is 51.7 Å². The van der Waals surface area contributed by atoms with E-state index < -0.39 is 0 Å². The molecule has 0 aliphatic rings. The molecule has 1 aromatic rings. The normalized spacial score (nSPS) is 12.5. The maximum absolute atomic E-state index is 4.19. The Morgan fingerprint density at radius 3 is 2.11 bits per heavy atom. The molecule has 0 amide bonds. The molecule has 0 aliphatic heterocycles. The Morgan fingerprint density at radius 2 is 1.72 bits per heavy atom. The smallest absolute Gasteiger partial charge is 0.0485 e. The average molecular weight is 241 g/mol. The van der Waals surface area contributed by atoms with E-state index >= 15 is 0 Å². The number of aromatic nitrogens is 1. The molecule has 0 aromatic carbocycles. The molecule has 1 aromatic heterocycles. The Kier molecular flexibility index (Phi) is 4.18. The number of allylic oxidation sites excluding steroid dienone is 1. The average Bonchev–Trinajstić information content (AvgIpc) is 2.51. The molecular formula is C17H23N. The summed E-state index contributed by atoms with van der Waals surface area (Å²) in [6, 6.07) is 0. The Morgan fingerprint density at radius 1 is 1.11 bits per heavy atom. The van der Waals surface area contributed by atoms with Gasteiger partial charge in [-0.3, -0.25) is 0 Å². The van der Waals surface area contributed by atoms with E-state index in [4.69, 9.17) is 0 Å². The van der Waals surface area contributed by atoms with E-state index in [0.717, 1.165) is 28.4 Å². The van der Waals surface area contributed by atoms with Gasteiger partial charge in [-0.2, -0.15) is 0 Å². The molecule has 0 spiro atoms. The Labute approximate surface area is 110 Å². The summed E-state index contributed by atoms with van der Waals surface area (Å²) in [5.74, 6) is 0. The van der Waals surface area contributed by atoms with Gasteiger partial charge < -0.3 is 4.57 Å². The van der Waals surface area contributed by atoms with Gasteiger partial charge in [-0.05, 0) is 11.5 Å². The van der Waals surface area contributed by atoms with E-state index in [-0.39, 0.29) is 5.41 Å². The zero-order valence-electron chi connectivity index (χ0n) is 11.8. The summed E-state index contributed by atoms with van der Waals surface area (Å²) < 4.78 is 2.21. The van der Waals surface area contributed by atoms with Crippen molar-refractivity contribution in [3.8, 4) is 0 Å². The van der Waals surface area contributed by atoms with E-state index in [1.807, 2.05) is 18.2 Å². The maximum Gasteiger partial charge on any atom is 0.0485 e. The topological polar surface area (TPSA) is 4.93 Å². The van der Waals surface area contributed by atoms with Crippen LogP contribution in [-0.2, 0) is 6.54 Å². The number of rotatable bonds is 4. The summed E-state index contributed by atoms with van der Waals surface area (Å²) in [6.07, 6.45) is 7.49. The Hall–Kier alpha value is -1.76. The molecule has 0 fully saturated rings. The summed E-state index contributed by atoms with van der Waals surface area (Å²) in [5.41, 5.74) is 2.35. The minimum absolute atomic E-state index is 0.188. The lowest BCUT2D eigenvalue weighted by molar-refractivity contribution is 0.339. The molecule has 0 N–H and O–H groups in total. The number of nitrogens with zero attached hydrogens (tertiary/aromatic N) is 1. The lowest BCUT2D eigenvalue weighted by Gasteiger charge is -2.21. The fourth-order valence-electron chi connectivity index (χ4n) is 2.12. The van der Waals surface area contributed by atoms with Gasteiger partial charge in [-0.1, -0.05) is 65.3 Å². The van der Waals surface area contributed by atoms with Gasteiger partial charge in [0.25, 0.3) is 0 Å². The van der Waals surface area contributed by atoms with Gasteiger partial charge in [0, 0.05) is 28.4 Å². The quantitative estimate of drug-likeness (QED) is 0.763. The highest BCUT2D eigenvalue weighted by molar-refractivity contribution is 5.64. The van der Waals surface area contributed by atoms with Crippen LogP contribution in [-0.4, -0.2) is 4.57 Å². The fraction of sp³-hybridized carbons (Fsp3) is 0.294. The Balaban J connectivity index is 3.67. The van der Waals surface area contributed by atoms with Crippen LogP contribution in [0.3, 0.4) is 0 Å². The van der Waals surface area contributed by atoms with Crippen molar-refractivity contribution < 1.29 is 0 Å². The van der Waals surface area contributed by atoms with Crippen molar-refractivity contribution in [2.45, 2.75) is 27.3 Å². The molecule has 18 heavy (non-hydrogen) atoms. The first-order chi connectivity index (χ1) is 8.35. The van der Waals surface area contributed by atoms with Gasteiger partial charge in [0.2, 0.25) is 0 Å². The summed E-state index contributed by atoms with van der Waals surface area (Å²) in [7, 11) is 0. The molecule has 1 rings (SSSR count). The molecular weight excluding hydrogens is 218 g/mol. The molecule has 0 atom stereocenters. The van der Waals surface area contributed by atoms with Crippen LogP contribution < -0.4 is 10.6 Å². The van der Waals surface area contributed by atoms with Crippen molar-refractivity contribution in [1.82, 2.24) is 4.57 Å². The molecule has 0 saturated heterocycles. The number of hydrogen-bond acceptors (Lipinski definition) is 0. The summed E-state index contributed by atoms with van der Waals surface area (Å²) in [6.45, 7) is 23.3. The standard InChI is InChI=1S/C17H23N/c1-8-11-15-13(4)18(12-17(5,6)7)16(10-3)14(15)9-2/h8-11H,1-4,12H2,5-7H3/b15-11+. The van der Waals surface area contributed by atoms with E-state index in [9.17, 15) is 0 Å². The van der Waals surface area contributed by atoms with Crippen molar-refractivity contribution in [2.75, 3.05) is 0 Å². The van der Waals surface area contributed by atoms with E-state index in [1.165, 1.54) is 0 Å². The fourth-order valence-corrected chi connectivity index (χ4v) is 2.12. The molecule has 1 heterocycles. The minimum atomic E-state index is 0.188. The second-order valence-corrected chi connectivity index (χ2v) is 5.62. The largest absolute Gasteiger partial charge is 0.340 e. The zero-order chi connectivity index (χ0) is 13.9. The molecule has 1 nitrogen and oxygen atoms in total. The predicted octanol–water partition coefficient (Wildman–Crippen LogP) is 3.20. The highest BCUT2D eigenvalue weighted by atomic mass is 15.0. The molecule has 0 unspecified atom stereocenters. The minimum Gasteiger partial charge on any atom is -0.340 e. The molecule has 1 heteroatoms. The first-order valence-corrected chi connectivity index (χ1v) is 6.14. The van der Waals surface area contributed by atoms with Crippen LogP contribution in [0.25, 0.3) is 24.8 Å². The van der Waals surface area contributed by atoms with Gasteiger partial charge in [0.1, 0.15) is 0 Å². The van der Waals surface area contributed by atoms with Crippen LogP contribution in [0.2, 0.25) is 0 Å². The van der Waals surface area contributed by atoms with Crippen molar-refractivity contribution in [1.29, 1.82) is 0 Å². The van der Waals surface area contributed by atoms with E-state index in [0.29, 0.717) is 0 Å². The van der Waals surface area contributed by atoms with Gasteiger partial charge >= 0.3 is 0 Å². The van der Waals surface area contributed by atoms with Crippen LogP contribution >= 0.6 is 0 Å². The third-order valence-corrected chi connectivity index (χ3v) is 2.81. The molecule has 0 radical (unpaired) electrons.